The number of thiophene rings is 1. The molecule has 7 nitrogen and oxygen atoms in total. The Hall–Kier alpha value is -3.33. The van der Waals surface area contributed by atoms with Crippen LogP contribution in [0.25, 0.3) is 22.0 Å². The number of hydrogen-bond acceptors (Lipinski definition) is 6. The number of halogens is 1. The molecule has 172 valence electrons. The van der Waals surface area contributed by atoms with E-state index in [1.807, 2.05) is 30.6 Å². The fourth-order valence-corrected chi connectivity index (χ4v) is 4.14. The SMILES string of the molecule is CN(CCCCCc1cc(-c2ccc(F)cc2)n[nH]1)C(=O)CCc1nc(-c2cccs2)no1. The van der Waals surface area contributed by atoms with E-state index in [-0.39, 0.29) is 11.7 Å². The quantitative estimate of drug-likeness (QED) is 0.309. The number of rotatable bonds is 11. The molecular weight excluding hydrogens is 441 g/mol. The zero-order chi connectivity index (χ0) is 23.0. The second kappa shape index (κ2) is 11.0. The normalized spacial score (nSPS) is 11.1. The lowest BCUT2D eigenvalue weighted by Crippen LogP contribution is -2.27. The first-order chi connectivity index (χ1) is 16.1. The highest BCUT2D eigenvalue weighted by atomic mass is 32.1. The van der Waals surface area contributed by atoms with Gasteiger partial charge in [0.05, 0.1) is 10.6 Å². The third-order valence-corrected chi connectivity index (χ3v) is 6.26. The molecule has 0 atom stereocenters. The second-order valence-electron chi connectivity index (χ2n) is 7.90. The number of benzene rings is 1. The molecular formula is C24H26FN5O2S. The van der Waals surface area contributed by atoms with Gasteiger partial charge in [-0.3, -0.25) is 9.89 Å². The third kappa shape index (κ3) is 6.35. The van der Waals surface area contributed by atoms with Crippen LogP contribution in [0.4, 0.5) is 4.39 Å². The van der Waals surface area contributed by atoms with Crippen LogP contribution in [0.2, 0.25) is 0 Å². The molecule has 1 aromatic carbocycles. The number of unbranched alkanes of at least 4 members (excludes halogenated alkanes) is 2. The van der Waals surface area contributed by atoms with Crippen LogP contribution < -0.4 is 0 Å². The molecule has 3 aromatic heterocycles. The Morgan fingerprint density at radius 3 is 2.79 bits per heavy atom. The van der Waals surface area contributed by atoms with Gasteiger partial charge >= 0.3 is 0 Å². The van der Waals surface area contributed by atoms with Crippen LogP contribution in [-0.2, 0) is 17.6 Å². The van der Waals surface area contributed by atoms with Crippen LogP contribution >= 0.6 is 11.3 Å². The summed E-state index contributed by atoms with van der Waals surface area (Å²) in [4.78, 5) is 19.5. The predicted molar refractivity (Wildman–Crippen MR) is 125 cm³/mol. The van der Waals surface area contributed by atoms with E-state index in [1.165, 1.54) is 12.1 Å². The summed E-state index contributed by atoms with van der Waals surface area (Å²) in [6.45, 7) is 0.715. The minimum atomic E-state index is -0.254. The molecule has 1 N–H and O–H groups in total. The molecule has 0 aliphatic rings. The molecule has 4 aromatic rings. The molecule has 4 rings (SSSR count). The van der Waals surface area contributed by atoms with Gasteiger partial charge in [-0.05, 0) is 61.0 Å². The lowest BCUT2D eigenvalue weighted by Gasteiger charge is -2.16. The lowest BCUT2D eigenvalue weighted by atomic mass is 10.1. The summed E-state index contributed by atoms with van der Waals surface area (Å²) in [7, 11) is 1.83. The maximum Gasteiger partial charge on any atom is 0.227 e. The first-order valence-electron chi connectivity index (χ1n) is 11.0. The first kappa shape index (κ1) is 22.8. The Labute approximate surface area is 195 Å². The summed E-state index contributed by atoms with van der Waals surface area (Å²) in [5.74, 6) is 0.877. The maximum absolute atomic E-state index is 13.1. The topological polar surface area (TPSA) is 87.9 Å². The number of carbonyl (C=O) groups excluding carboxylic acids is 1. The minimum absolute atomic E-state index is 0.0726. The van der Waals surface area contributed by atoms with E-state index in [9.17, 15) is 9.18 Å². The highest BCUT2D eigenvalue weighted by Gasteiger charge is 2.13. The smallest absolute Gasteiger partial charge is 0.227 e. The van der Waals surface area contributed by atoms with E-state index in [0.29, 0.717) is 31.1 Å². The Morgan fingerprint density at radius 1 is 1.15 bits per heavy atom. The van der Waals surface area contributed by atoms with E-state index in [0.717, 1.165) is 47.5 Å². The van der Waals surface area contributed by atoms with Crippen molar-refractivity contribution in [3.8, 4) is 22.0 Å². The zero-order valence-electron chi connectivity index (χ0n) is 18.5. The van der Waals surface area contributed by atoms with Gasteiger partial charge in [0.2, 0.25) is 17.6 Å². The van der Waals surface area contributed by atoms with Crippen molar-refractivity contribution >= 4 is 17.2 Å². The number of aromatic nitrogens is 4. The van der Waals surface area contributed by atoms with E-state index >= 15 is 0 Å². The predicted octanol–water partition coefficient (Wildman–Crippen LogP) is 5.13. The third-order valence-electron chi connectivity index (χ3n) is 5.40. The Balaban J connectivity index is 1.12. The number of aromatic amines is 1. The molecule has 3 heterocycles. The summed E-state index contributed by atoms with van der Waals surface area (Å²) >= 11 is 1.55. The fourth-order valence-electron chi connectivity index (χ4n) is 3.49. The Bertz CT molecular complexity index is 1150. The van der Waals surface area contributed by atoms with Crippen LogP contribution in [0.15, 0.2) is 52.4 Å². The Kier molecular flexibility index (Phi) is 7.62. The van der Waals surface area contributed by atoms with Crippen LogP contribution in [0.3, 0.4) is 0 Å². The van der Waals surface area contributed by atoms with Crippen molar-refractivity contribution in [2.75, 3.05) is 13.6 Å². The summed E-state index contributed by atoms with van der Waals surface area (Å²) in [5.41, 5.74) is 2.77. The molecule has 0 radical (unpaired) electrons. The number of carbonyl (C=O) groups is 1. The first-order valence-corrected chi connectivity index (χ1v) is 11.9. The molecule has 33 heavy (non-hydrogen) atoms. The van der Waals surface area contributed by atoms with Gasteiger partial charge in [-0.15, -0.1) is 11.3 Å². The molecule has 0 unspecified atom stereocenters. The molecule has 0 saturated carbocycles. The minimum Gasteiger partial charge on any atom is -0.346 e. The van der Waals surface area contributed by atoms with E-state index in [2.05, 4.69) is 20.3 Å². The van der Waals surface area contributed by atoms with Gasteiger partial charge in [-0.1, -0.05) is 17.6 Å². The average Bonchev–Trinajstić information content (AvgIpc) is 3.59. The van der Waals surface area contributed by atoms with E-state index in [4.69, 9.17) is 4.52 Å². The van der Waals surface area contributed by atoms with E-state index < -0.39 is 0 Å². The monoisotopic (exact) mass is 467 g/mol. The number of hydrogen-bond donors (Lipinski definition) is 1. The average molecular weight is 468 g/mol. The van der Waals surface area contributed by atoms with Gasteiger partial charge in [-0.25, -0.2) is 4.39 Å². The molecule has 0 aliphatic carbocycles. The van der Waals surface area contributed by atoms with Crippen molar-refractivity contribution in [3.63, 3.8) is 0 Å². The number of amides is 1. The molecule has 0 saturated heterocycles. The van der Waals surface area contributed by atoms with Crippen LogP contribution in [-0.4, -0.2) is 44.7 Å². The summed E-state index contributed by atoms with van der Waals surface area (Å²) in [6, 6.07) is 12.2. The standard InChI is InChI=1S/C24H26FN5O2S/c1-30(23(31)13-12-22-26-24(29-32-22)21-7-5-15-33-21)14-4-2-3-6-19-16-20(28-27-19)17-8-10-18(25)11-9-17/h5,7-11,15-16H,2-4,6,12-14H2,1H3,(H,27,28). The number of aryl methyl sites for hydroxylation is 2. The van der Waals surface area contributed by atoms with Gasteiger partial charge in [0.1, 0.15) is 5.82 Å². The zero-order valence-corrected chi connectivity index (χ0v) is 19.3. The van der Waals surface area contributed by atoms with Crippen LogP contribution in [0.1, 0.15) is 37.3 Å². The highest BCUT2D eigenvalue weighted by molar-refractivity contribution is 7.13. The van der Waals surface area contributed by atoms with Crippen molar-refractivity contribution in [1.29, 1.82) is 0 Å². The molecule has 0 aliphatic heterocycles. The Morgan fingerprint density at radius 2 is 2.00 bits per heavy atom. The van der Waals surface area contributed by atoms with Gasteiger partial charge < -0.3 is 9.42 Å². The van der Waals surface area contributed by atoms with Crippen molar-refractivity contribution in [2.45, 2.75) is 38.5 Å². The van der Waals surface area contributed by atoms with Crippen molar-refractivity contribution in [1.82, 2.24) is 25.2 Å². The largest absolute Gasteiger partial charge is 0.346 e. The van der Waals surface area contributed by atoms with Gasteiger partial charge in [0.15, 0.2) is 0 Å². The van der Waals surface area contributed by atoms with Crippen molar-refractivity contribution in [3.05, 3.63) is 65.2 Å². The highest BCUT2D eigenvalue weighted by Crippen LogP contribution is 2.22. The summed E-state index contributed by atoms with van der Waals surface area (Å²) in [6.07, 6.45) is 4.62. The molecule has 1 amide bonds. The number of nitrogens with zero attached hydrogens (tertiary/aromatic N) is 4. The van der Waals surface area contributed by atoms with Gasteiger partial charge in [0.25, 0.3) is 0 Å². The maximum atomic E-state index is 13.1. The second-order valence-corrected chi connectivity index (χ2v) is 8.85. The molecule has 9 heteroatoms. The van der Waals surface area contributed by atoms with Crippen molar-refractivity contribution in [2.24, 2.45) is 0 Å². The van der Waals surface area contributed by atoms with Crippen molar-refractivity contribution < 1.29 is 13.7 Å². The molecule has 0 spiro atoms. The fraction of sp³-hybridized carbons (Fsp3) is 0.333. The number of nitrogens with one attached hydrogen (secondary N) is 1. The lowest BCUT2D eigenvalue weighted by molar-refractivity contribution is -0.130. The molecule has 0 fully saturated rings. The van der Waals surface area contributed by atoms with Crippen LogP contribution in [0.5, 0.6) is 0 Å². The number of H-pyrrole nitrogens is 1. The van der Waals surface area contributed by atoms with Gasteiger partial charge in [0, 0.05) is 37.7 Å². The summed E-state index contributed by atoms with van der Waals surface area (Å²) < 4.78 is 18.3. The summed E-state index contributed by atoms with van der Waals surface area (Å²) in [5, 5.41) is 13.3. The molecule has 0 bridgehead atoms. The van der Waals surface area contributed by atoms with Crippen LogP contribution in [0, 0.1) is 5.82 Å². The van der Waals surface area contributed by atoms with E-state index in [1.54, 1.807) is 28.4 Å². The van der Waals surface area contributed by atoms with Gasteiger partial charge in [-0.2, -0.15) is 10.1 Å².